The summed E-state index contributed by atoms with van der Waals surface area (Å²) < 4.78 is 26.3. The van der Waals surface area contributed by atoms with E-state index in [0.29, 0.717) is 5.02 Å². The maximum Gasteiger partial charge on any atom is 0.279 e. The second-order valence-corrected chi connectivity index (χ2v) is 2.85. The van der Waals surface area contributed by atoms with Crippen molar-refractivity contribution >= 4 is 11.6 Å². The van der Waals surface area contributed by atoms with Crippen LogP contribution in [-0.4, -0.2) is 22.2 Å². The van der Waals surface area contributed by atoms with Crippen LogP contribution in [-0.2, 0) is 6.54 Å². The molecule has 0 atom stereocenters. The Balaban J connectivity index is 2.63. The van der Waals surface area contributed by atoms with Crippen LogP contribution in [0.5, 0.6) is 0 Å². The summed E-state index contributed by atoms with van der Waals surface area (Å²) >= 11 is 5.47. The topological polar surface area (TPSA) is 43.8 Å². The van der Waals surface area contributed by atoms with Crippen molar-refractivity contribution in [2.24, 2.45) is 5.73 Å². The molecule has 0 unspecified atom stereocenters. The van der Waals surface area contributed by atoms with Crippen molar-refractivity contribution in [1.29, 1.82) is 0 Å². The quantitative estimate of drug-likeness (QED) is 0.786. The molecule has 1 rings (SSSR count). The summed E-state index contributed by atoms with van der Waals surface area (Å²) in [6.45, 7) is -1.22. The molecule has 0 spiro atoms. The summed E-state index contributed by atoms with van der Waals surface area (Å²) in [7, 11) is 0. The molecule has 0 aliphatic carbocycles. The highest BCUT2D eigenvalue weighted by molar-refractivity contribution is 6.30. The fourth-order valence-corrected chi connectivity index (χ4v) is 0.883. The normalized spacial score (nSPS) is 12.0. The van der Waals surface area contributed by atoms with E-state index in [1.54, 1.807) is 0 Å². The Morgan fingerprint density at radius 2 is 2.33 bits per heavy atom. The molecule has 0 aliphatic heterocycles. The van der Waals surface area contributed by atoms with Crippen molar-refractivity contribution in [3.05, 3.63) is 17.4 Å². The molecule has 12 heavy (non-hydrogen) atoms. The van der Waals surface area contributed by atoms with E-state index in [1.807, 2.05) is 0 Å². The van der Waals surface area contributed by atoms with Gasteiger partial charge in [0.2, 0.25) is 0 Å². The molecular weight excluding hydrogens is 188 g/mol. The van der Waals surface area contributed by atoms with Crippen LogP contribution in [0.3, 0.4) is 0 Å². The zero-order chi connectivity index (χ0) is 9.19. The number of hydrogen-bond donors (Lipinski definition) is 1. The molecule has 0 fully saturated rings. The van der Waals surface area contributed by atoms with E-state index in [9.17, 15) is 8.78 Å². The first-order chi connectivity index (χ1) is 5.53. The Bertz CT molecular complexity index is 261. The maximum atomic E-state index is 12.6. The number of hydrogen-bond acceptors (Lipinski definition) is 2. The van der Waals surface area contributed by atoms with Crippen LogP contribution in [0.15, 0.2) is 12.4 Å². The van der Waals surface area contributed by atoms with Crippen LogP contribution < -0.4 is 5.73 Å². The average molecular weight is 196 g/mol. The van der Waals surface area contributed by atoms with Crippen LogP contribution in [0, 0.1) is 0 Å². The van der Waals surface area contributed by atoms with E-state index in [1.165, 1.54) is 12.4 Å². The third kappa shape index (κ3) is 2.42. The SMILES string of the molecule is NCC(F)(F)Cn1cc(Cl)cn1. The van der Waals surface area contributed by atoms with Gasteiger partial charge in [-0.25, -0.2) is 8.78 Å². The largest absolute Gasteiger partial charge is 0.325 e. The minimum atomic E-state index is -2.92. The number of nitrogens with two attached hydrogens (primary N) is 1. The Labute approximate surface area is 73.1 Å². The number of halogens is 3. The minimum Gasteiger partial charge on any atom is -0.325 e. The molecule has 68 valence electrons. The van der Waals surface area contributed by atoms with Crippen LogP contribution in [0.25, 0.3) is 0 Å². The van der Waals surface area contributed by atoms with Gasteiger partial charge < -0.3 is 5.73 Å². The molecule has 1 aromatic heterocycles. The van der Waals surface area contributed by atoms with Gasteiger partial charge in [0.25, 0.3) is 5.92 Å². The zero-order valence-electron chi connectivity index (χ0n) is 6.17. The van der Waals surface area contributed by atoms with Crippen molar-refractivity contribution in [2.45, 2.75) is 12.5 Å². The van der Waals surface area contributed by atoms with Gasteiger partial charge in [0.1, 0.15) is 6.54 Å². The first kappa shape index (κ1) is 9.41. The number of rotatable bonds is 3. The van der Waals surface area contributed by atoms with Crippen LogP contribution in [0.4, 0.5) is 8.78 Å². The van der Waals surface area contributed by atoms with Gasteiger partial charge >= 0.3 is 0 Å². The molecule has 0 saturated carbocycles. The van der Waals surface area contributed by atoms with E-state index in [2.05, 4.69) is 5.10 Å². The highest BCUT2D eigenvalue weighted by Crippen LogP contribution is 2.15. The predicted molar refractivity (Wildman–Crippen MR) is 41.2 cm³/mol. The van der Waals surface area contributed by atoms with Crippen LogP contribution in [0.1, 0.15) is 0 Å². The first-order valence-corrected chi connectivity index (χ1v) is 3.67. The lowest BCUT2D eigenvalue weighted by Crippen LogP contribution is -2.32. The molecule has 2 N–H and O–H groups in total. The molecule has 1 aromatic rings. The van der Waals surface area contributed by atoms with Crippen molar-refractivity contribution in [1.82, 2.24) is 9.78 Å². The second-order valence-electron chi connectivity index (χ2n) is 2.42. The van der Waals surface area contributed by atoms with Crippen LogP contribution >= 0.6 is 11.6 Å². The lowest BCUT2D eigenvalue weighted by molar-refractivity contribution is -0.00978. The fourth-order valence-electron chi connectivity index (χ4n) is 0.726. The molecule has 0 amide bonds. The van der Waals surface area contributed by atoms with Gasteiger partial charge in [-0.15, -0.1) is 0 Å². The van der Waals surface area contributed by atoms with E-state index in [4.69, 9.17) is 17.3 Å². The van der Waals surface area contributed by atoms with Gasteiger partial charge in [0.15, 0.2) is 0 Å². The summed E-state index contributed by atoms with van der Waals surface area (Å²) in [4.78, 5) is 0. The number of alkyl halides is 2. The van der Waals surface area contributed by atoms with Gasteiger partial charge in [-0.05, 0) is 0 Å². The Morgan fingerprint density at radius 3 is 2.75 bits per heavy atom. The molecule has 0 bridgehead atoms. The van der Waals surface area contributed by atoms with E-state index in [-0.39, 0.29) is 0 Å². The summed E-state index contributed by atoms with van der Waals surface area (Å²) in [5.74, 6) is -2.92. The highest BCUT2D eigenvalue weighted by atomic mass is 35.5. The summed E-state index contributed by atoms with van der Waals surface area (Å²) in [5.41, 5.74) is 4.84. The predicted octanol–water partition coefficient (Wildman–Crippen LogP) is 1.13. The third-order valence-electron chi connectivity index (χ3n) is 1.29. The lowest BCUT2D eigenvalue weighted by atomic mass is 10.3. The van der Waals surface area contributed by atoms with Gasteiger partial charge in [-0.1, -0.05) is 11.6 Å². The van der Waals surface area contributed by atoms with E-state index < -0.39 is 19.0 Å². The molecule has 0 aromatic carbocycles. The fraction of sp³-hybridized carbons (Fsp3) is 0.500. The van der Waals surface area contributed by atoms with Crippen molar-refractivity contribution < 1.29 is 8.78 Å². The Hall–Kier alpha value is -0.680. The van der Waals surface area contributed by atoms with Gasteiger partial charge in [0.05, 0.1) is 17.8 Å². The average Bonchev–Trinajstić information content (AvgIpc) is 2.35. The molecule has 3 nitrogen and oxygen atoms in total. The smallest absolute Gasteiger partial charge is 0.279 e. The Morgan fingerprint density at radius 1 is 1.67 bits per heavy atom. The van der Waals surface area contributed by atoms with Crippen LogP contribution in [0.2, 0.25) is 5.02 Å². The van der Waals surface area contributed by atoms with Gasteiger partial charge in [-0.3, -0.25) is 4.68 Å². The van der Waals surface area contributed by atoms with Crippen molar-refractivity contribution in [3.8, 4) is 0 Å². The molecule has 1 heterocycles. The summed E-state index contributed by atoms with van der Waals surface area (Å²) in [5, 5.41) is 3.93. The standard InChI is InChI=1S/C6H8ClF2N3/c7-5-1-11-12(2-5)4-6(8,9)3-10/h1-2H,3-4,10H2. The van der Waals surface area contributed by atoms with Gasteiger partial charge in [0, 0.05) is 6.20 Å². The van der Waals surface area contributed by atoms with Crippen molar-refractivity contribution in [3.63, 3.8) is 0 Å². The minimum absolute atomic E-state index is 0.336. The first-order valence-electron chi connectivity index (χ1n) is 3.29. The highest BCUT2D eigenvalue weighted by Gasteiger charge is 2.27. The monoisotopic (exact) mass is 195 g/mol. The summed E-state index contributed by atoms with van der Waals surface area (Å²) in [6, 6.07) is 0. The summed E-state index contributed by atoms with van der Waals surface area (Å²) in [6.07, 6.45) is 2.62. The zero-order valence-corrected chi connectivity index (χ0v) is 6.93. The van der Waals surface area contributed by atoms with E-state index in [0.717, 1.165) is 4.68 Å². The molecule has 6 heteroatoms. The molecule has 0 radical (unpaired) electrons. The Kier molecular flexibility index (Phi) is 2.64. The van der Waals surface area contributed by atoms with Crippen molar-refractivity contribution in [2.75, 3.05) is 6.54 Å². The van der Waals surface area contributed by atoms with Gasteiger partial charge in [-0.2, -0.15) is 5.10 Å². The molecule has 0 aliphatic rings. The maximum absolute atomic E-state index is 12.6. The lowest BCUT2D eigenvalue weighted by Gasteiger charge is -2.12. The molecular formula is C6H8ClF2N3. The second kappa shape index (κ2) is 3.37. The number of nitrogens with zero attached hydrogens (tertiary/aromatic N) is 2. The molecule has 0 saturated heterocycles. The third-order valence-corrected chi connectivity index (χ3v) is 1.49. The van der Waals surface area contributed by atoms with E-state index >= 15 is 0 Å². The number of aromatic nitrogens is 2.